The Bertz CT molecular complexity index is 5020. The Labute approximate surface area is 850 Å². The summed E-state index contributed by atoms with van der Waals surface area (Å²) in [5.74, 6) is 6.82. The molecule has 144 heavy (non-hydrogen) atoms. The number of ether oxygens (including phenoxy) is 5. The molecule has 12 unspecified atom stereocenters. The van der Waals surface area contributed by atoms with Crippen LogP contribution in [0.25, 0.3) is 0 Å². The van der Waals surface area contributed by atoms with Gasteiger partial charge in [-0.2, -0.15) is 26.0 Å². The molecular formula is C107H160N18O19. The Kier molecular flexibility index (Phi) is 52.0. The number of urea groups is 2. The molecular weight excluding hydrogens is 1840 g/mol. The summed E-state index contributed by atoms with van der Waals surface area (Å²) in [6.45, 7) is 33.4. The van der Waals surface area contributed by atoms with E-state index in [-0.39, 0.29) is 81.8 Å². The van der Waals surface area contributed by atoms with Crippen molar-refractivity contribution < 1.29 is 77.0 Å². The van der Waals surface area contributed by atoms with E-state index in [1.807, 2.05) is 27.0 Å². The van der Waals surface area contributed by atoms with Gasteiger partial charge in [-0.3, -0.25) is 0 Å². The van der Waals surface area contributed by atoms with Crippen LogP contribution < -0.4 is 32.4 Å². The summed E-state index contributed by atoms with van der Waals surface area (Å²) >= 11 is 0. The maximum atomic E-state index is 14.4. The Hall–Kier alpha value is -11.6. The molecule has 37 heteroatoms. The molecule has 1 aromatic carbocycles. The van der Waals surface area contributed by atoms with Crippen LogP contribution in [-0.2, 0) is 72.1 Å². The zero-order valence-electron chi connectivity index (χ0n) is 87.9. The molecule has 0 aliphatic heterocycles. The summed E-state index contributed by atoms with van der Waals surface area (Å²) in [6, 6.07) is 4.77. The molecule has 0 radical (unpaired) electrons. The van der Waals surface area contributed by atoms with Gasteiger partial charge < -0.3 is 44.5 Å². The first-order valence-electron chi connectivity index (χ1n) is 51.6. The molecule has 2 aromatic rings. The number of hydrogen-bond donors (Lipinski definition) is 4. The number of rotatable bonds is 39. The average Bonchev–Trinajstić information content (AvgIpc) is 1.03. The van der Waals surface area contributed by atoms with Gasteiger partial charge in [-0.05, 0) is 320 Å². The number of aromatic nitrogens is 3. The lowest BCUT2D eigenvalue weighted by Gasteiger charge is -2.61. The van der Waals surface area contributed by atoms with E-state index in [0.29, 0.717) is 148 Å². The SMILES string of the molecule is C1CC2C3CCC(C3)C2C1.CC1(C)CC(N=C=O)CC(C)(Cn2c(=O)n(CC3(C)CC(N=C=O)CC(C)(C)C3)c(=O)n(CC3(C)CC(OC#N)CC(C)(C)C3)c2=O)C1.CC1(C)CC(OC#N)CC(C)(CN=C=O)C1.CCN=C=O.CCOC#N.N#COCCCCCCNC(=O)N(CCCCCCN=C=O)C(=O)NCCCCCCN=C=O.N#COc1ccc(N=C=O)cc1.OCC12CC3CC(C1)CC(CO)(C3)C2. The number of nitrogens with one attached hydrogen (secondary N) is 2. The van der Waals surface area contributed by atoms with Gasteiger partial charge in [0.1, 0.15) is 24.6 Å². The Morgan fingerprint density at radius 2 is 0.847 bits per heavy atom. The number of isocyanates is 7. The largest absolute Gasteiger partial charge is 0.428 e. The zero-order chi connectivity index (χ0) is 107. The highest BCUT2D eigenvalue weighted by molar-refractivity contribution is 5.93. The second kappa shape index (κ2) is 61.0. The van der Waals surface area contributed by atoms with Crippen molar-refractivity contribution >= 4 is 60.3 Å². The number of carbonyl (C=O) groups is 2. The Morgan fingerprint density at radius 1 is 0.438 bits per heavy atom. The highest BCUT2D eigenvalue weighted by atomic mass is 16.5. The van der Waals surface area contributed by atoms with Gasteiger partial charge in [0.2, 0.25) is 42.6 Å². The summed E-state index contributed by atoms with van der Waals surface area (Å²) < 4.78 is 27.4. The lowest BCUT2D eigenvalue weighted by molar-refractivity contribution is -0.144. The summed E-state index contributed by atoms with van der Waals surface area (Å²) in [7, 11) is 0. The molecule has 0 spiro atoms. The fourth-order valence-electron chi connectivity index (χ4n) is 26.8. The maximum Gasteiger partial charge on any atom is 0.336 e. The fraction of sp³-hybridized carbons (Fsp3) is 0.785. The van der Waals surface area contributed by atoms with Gasteiger partial charge in [0, 0.05) is 59.0 Å². The first-order valence-corrected chi connectivity index (χ1v) is 51.6. The molecule has 4 amide bonds. The van der Waals surface area contributed by atoms with Crippen molar-refractivity contribution in [2.45, 2.75) is 372 Å². The first-order chi connectivity index (χ1) is 68.5. The van der Waals surface area contributed by atoms with Crippen LogP contribution in [0.2, 0.25) is 0 Å². The lowest BCUT2D eigenvalue weighted by Crippen LogP contribution is -2.59. The van der Waals surface area contributed by atoms with E-state index < -0.39 is 45.4 Å². The van der Waals surface area contributed by atoms with Gasteiger partial charge in [0.25, 0.3) is 31.3 Å². The summed E-state index contributed by atoms with van der Waals surface area (Å²) in [6.07, 6.45) is 53.6. The third kappa shape index (κ3) is 41.9. The molecule has 1 heterocycles. The fourth-order valence-corrected chi connectivity index (χ4v) is 26.8. The van der Waals surface area contributed by atoms with E-state index in [9.17, 15) is 68.2 Å². The number of aliphatic hydroxyl groups is 2. The molecule has 1 aromatic heterocycles. The Morgan fingerprint density at radius 3 is 1.23 bits per heavy atom. The van der Waals surface area contributed by atoms with Gasteiger partial charge in [0.05, 0.1) is 44.0 Å². The Balaban J connectivity index is 0.000000325. The monoisotopic (exact) mass is 2000 g/mol. The van der Waals surface area contributed by atoms with Gasteiger partial charge in [-0.25, -0.2) is 106 Å². The van der Waals surface area contributed by atoms with Crippen LogP contribution in [-0.4, -0.2) is 180 Å². The van der Waals surface area contributed by atoms with Crippen LogP contribution in [0.5, 0.6) is 5.75 Å². The summed E-state index contributed by atoms with van der Waals surface area (Å²) in [4.78, 5) is 167. The molecule has 11 aliphatic rings. The smallest absolute Gasteiger partial charge is 0.336 e. The third-order valence-corrected chi connectivity index (χ3v) is 30.0. The van der Waals surface area contributed by atoms with E-state index in [1.165, 1.54) is 111 Å². The van der Waals surface area contributed by atoms with Crippen LogP contribution in [0.4, 0.5) is 15.3 Å². The topological polar surface area (TPSA) is 539 Å². The van der Waals surface area contributed by atoms with E-state index in [0.717, 1.165) is 108 Å². The minimum Gasteiger partial charge on any atom is -0.428 e. The molecule has 11 aliphatic carbocycles. The standard InChI is InChI=1S/C36H54N6O6.C23H38N6O5.C12H18N2O2.C12H20O2.C10H16.C8H4N2O2.2C3H5NO/c1-31(2)10-25(38-23-43)12-34(7,16-31)19-40-28(45)41(20-35(8)13-26(39-24-44)11-32(3,4)17-35)30(47)42(29(40)46)21-36(9)15-27(48-22-37)14-33(5,6)18-36;24-19-34-18-12-6-4-10-16-28-23(33)29(17-11-5-3-8-14-26-21-31)22(32)27-15-9-2-1-7-13-25-20-30;1-11(2)4-10(16-8-13)5-12(3,6-11)7-14-9-15;13-7-11-2-9-1-10(4-11)5-12(3-9,6-11)8-14;1-2-9-7-4-5-8(6-7)10(9)3-1;9-5-12-8-3-1-7(2-4-8)10-6-11;1-2-5-3-4;1-2-4-3-5/h25-27H,10-21H2,1-9H3;1-18H2,(H,27,32)(H,28,33);10H,4-7H2,1-3H3;9-10,13-14H,1-8H2;7-10H,1-6H2;1-4H;2*2H2,1H3. The lowest BCUT2D eigenvalue weighted by atomic mass is 9.44. The number of fused-ring (bicyclic) bond motifs is 5. The molecule has 6 bridgehead atoms. The summed E-state index contributed by atoms with van der Waals surface area (Å²) in [5, 5.41) is 66.7. The predicted molar refractivity (Wildman–Crippen MR) is 538 cm³/mol. The average molecular weight is 2000 g/mol. The number of nitriles is 5. The van der Waals surface area contributed by atoms with Crippen LogP contribution in [0.1, 0.15) is 328 Å². The number of hydrogen-bond acceptors (Lipinski definition) is 31. The van der Waals surface area contributed by atoms with Crippen molar-refractivity contribution in [3.05, 3.63) is 55.7 Å². The predicted octanol–water partition coefficient (Wildman–Crippen LogP) is 17.8. The highest BCUT2D eigenvalue weighted by Crippen LogP contribution is 2.65. The van der Waals surface area contributed by atoms with Crippen molar-refractivity contribution in [2.75, 3.05) is 72.2 Å². The first kappa shape index (κ1) is 123. The number of imide groups is 1. The van der Waals surface area contributed by atoms with Crippen LogP contribution in [0.3, 0.4) is 0 Å². The van der Waals surface area contributed by atoms with Crippen molar-refractivity contribution in [3.8, 4) is 37.0 Å². The maximum absolute atomic E-state index is 14.4. The molecule has 13 rings (SSSR count). The second-order valence-electron chi connectivity index (χ2n) is 46.3. The molecule has 4 N–H and O–H groups in total. The number of aliphatic imine (C=N–C) groups is 7. The van der Waals surface area contributed by atoms with Crippen molar-refractivity contribution in [1.82, 2.24) is 29.2 Å². The van der Waals surface area contributed by atoms with E-state index in [4.69, 9.17) is 35.3 Å². The molecule has 11 saturated carbocycles. The molecule has 37 nitrogen and oxygen atoms in total. The van der Waals surface area contributed by atoms with Crippen molar-refractivity contribution in [3.63, 3.8) is 0 Å². The number of benzene rings is 1. The second-order valence-corrected chi connectivity index (χ2v) is 46.3. The van der Waals surface area contributed by atoms with E-state index in [2.05, 4.69) is 122 Å². The highest BCUT2D eigenvalue weighted by Gasteiger charge is 2.58. The van der Waals surface area contributed by atoms with Gasteiger partial charge in [-0.15, -0.1) is 5.26 Å². The van der Waals surface area contributed by atoms with Crippen molar-refractivity contribution in [1.29, 1.82) is 26.3 Å². The molecule has 11 fully saturated rings. The minimum atomic E-state index is -0.666. The molecule has 0 saturated heterocycles. The van der Waals surface area contributed by atoms with Crippen LogP contribution in [0.15, 0.2) is 73.6 Å². The third-order valence-electron chi connectivity index (χ3n) is 30.0. The number of unbranched alkanes of at least 4 members (excludes halogenated alkanes) is 9. The van der Waals surface area contributed by atoms with Gasteiger partial charge in [-0.1, -0.05) is 122 Å². The van der Waals surface area contributed by atoms with Gasteiger partial charge >= 0.3 is 29.1 Å². The number of nitrogens with zero attached hydrogens (tertiary/aromatic N) is 16. The molecule has 792 valence electrons. The van der Waals surface area contributed by atoms with E-state index >= 15 is 0 Å². The number of amides is 4. The summed E-state index contributed by atoms with van der Waals surface area (Å²) in [5.41, 5.74) is -3.41. The zero-order valence-corrected chi connectivity index (χ0v) is 87.9. The normalized spacial score (nSPS) is 27.6. The van der Waals surface area contributed by atoms with Crippen LogP contribution in [0, 0.1) is 147 Å². The quantitative estimate of drug-likeness (QED) is 0.0209. The van der Waals surface area contributed by atoms with Crippen molar-refractivity contribution in [2.24, 2.45) is 125 Å². The number of carbonyl (C=O) groups excluding carboxylic acids is 9. The number of aliphatic hydroxyl groups excluding tert-OH is 2. The van der Waals surface area contributed by atoms with Crippen LogP contribution >= 0.6 is 0 Å². The van der Waals surface area contributed by atoms with Gasteiger partial charge in [0.15, 0.2) is 0 Å². The van der Waals surface area contributed by atoms with E-state index in [1.54, 1.807) is 107 Å². The molecule has 12 atom stereocenters. The minimum absolute atomic E-state index is 0.0550.